The van der Waals surface area contributed by atoms with Gasteiger partial charge in [0.05, 0.1) is 16.9 Å². The zero-order valence-electron chi connectivity index (χ0n) is 10.2. The number of hydrogen-bond acceptors (Lipinski definition) is 4. The van der Waals surface area contributed by atoms with E-state index in [1.807, 2.05) is 0 Å². The fraction of sp³-hybridized carbons (Fsp3) is 0.167. The van der Waals surface area contributed by atoms with E-state index in [2.05, 4.69) is 20.3 Å². The van der Waals surface area contributed by atoms with Crippen molar-refractivity contribution in [3.63, 3.8) is 0 Å². The standard InChI is InChI=1S/C12H11ClN4O3/c13-9-5-14-2-1-8(9)11(18)17-10(12(19)20)3-7-4-15-6-16-7/h1-2,4-6,10H,3H2,(H,15,16)(H,17,18)(H,19,20)/t10-/m0/s1. The summed E-state index contributed by atoms with van der Waals surface area (Å²) in [7, 11) is 0. The normalized spacial score (nSPS) is 11.8. The lowest BCUT2D eigenvalue weighted by atomic mass is 10.1. The van der Waals surface area contributed by atoms with Gasteiger partial charge in [-0.25, -0.2) is 9.78 Å². The maximum absolute atomic E-state index is 12.0. The van der Waals surface area contributed by atoms with Crippen LogP contribution in [0.15, 0.2) is 31.0 Å². The monoisotopic (exact) mass is 294 g/mol. The van der Waals surface area contributed by atoms with Gasteiger partial charge in [0.2, 0.25) is 0 Å². The second-order valence-electron chi connectivity index (χ2n) is 4.00. The minimum absolute atomic E-state index is 0.101. The van der Waals surface area contributed by atoms with E-state index in [1.165, 1.54) is 31.0 Å². The largest absolute Gasteiger partial charge is 0.480 e. The average molecular weight is 295 g/mol. The number of rotatable bonds is 5. The minimum Gasteiger partial charge on any atom is -0.480 e. The number of H-pyrrole nitrogens is 1. The van der Waals surface area contributed by atoms with Gasteiger partial charge in [-0.2, -0.15) is 0 Å². The number of carbonyl (C=O) groups excluding carboxylic acids is 1. The Labute approximate surface area is 119 Å². The Morgan fingerprint density at radius 3 is 2.80 bits per heavy atom. The zero-order chi connectivity index (χ0) is 14.5. The molecule has 20 heavy (non-hydrogen) atoms. The number of aromatic nitrogens is 3. The summed E-state index contributed by atoms with van der Waals surface area (Å²) in [6.45, 7) is 0. The van der Waals surface area contributed by atoms with E-state index in [-0.39, 0.29) is 17.0 Å². The van der Waals surface area contributed by atoms with Gasteiger partial charge in [-0.3, -0.25) is 9.78 Å². The van der Waals surface area contributed by atoms with E-state index in [4.69, 9.17) is 16.7 Å². The molecule has 2 rings (SSSR count). The molecule has 8 heteroatoms. The molecule has 2 aromatic rings. The van der Waals surface area contributed by atoms with Crippen molar-refractivity contribution in [2.45, 2.75) is 12.5 Å². The number of halogens is 1. The second kappa shape index (κ2) is 6.16. The minimum atomic E-state index is -1.14. The SMILES string of the molecule is O=C(N[C@@H](Cc1cnc[nH]1)C(=O)O)c1ccncc1Cl. The maximum Gasteiger partial charge on any atom is 0.326 e. The van der Waals surface area contributed by atoms with Crippen LogP contribution in [0.3, 0.4) is 0 Å². The third kappa shape index (κ3) is 3.33. The molecule has 2 heterocycles. The summed E-state index contributed by atoms with van der Waals surface area (Å²) in [5, 5.41) is 11.7. The van der Waals surface area contributed by atoms with Crippen molar-refractivity contribution < 1.29 is 14.7 Å². The van der Waals surface area contributed by atoms with Crippen LogP contribution in [0.5, 0.6) is 0 Å². The summed E-state index contributed by atoms with van der Waals surface area (Å²) < 4.78 is 0. The van der Waals surface area contributed by atoms with Crippen LogP contribution in [0.1, 0.15) is 16.1 Å². The van der Waals surface area contributed by atoms with Gasteiger partial charge in [0.1, 0.15) is 6.04 Å². The summed E-state index contributed by atoms with van der Waals surface area (Å²) in [6, 6.07) is 0.347. The highest BCUT2D eigenvalue weighted by molar-refractivity contribution is 6.33. The Kier molecular flexibility index (Phi) is 4.31. The predicted octanol–water partition coefficient (Wildman–Crippen LogP) is 0.884. The highest BCUT2D eigenvalue weighted by atomic mass is 35.5. The third-order valence-corrected chi connectivity index (χ3v) is 2.90. The van der Waals surface area contributed by atoms with Crippen LogP contribution < -0.4 is 5.32 Å². The zero-order valence-corrected chi connectivity index (χ0v) is 11.0. The number of hydrogen-bond donors (Lipinski definition) is 3. The average Bonchev–Trinajstić information content (AvgIpc) is 2.91. The second-order valence-corrected chi connectivity index (χ2v) is 4.41. The maximum atomic E-state index is 12.0. The van der Waals surface area contributed by atoms with E-state index in [9.17, 15) is 9.59 Å². The molecule has 0 spiro atoms. The lowest BCUT2D eigenvalue weighted by molar-refractivity contribution is -0.139. The first-order valence-corrected chi connectivity index (χ1v) is 6.06. The van der Waals surface area contributed by atoms with Crippen LogP contribution in [-0.4, -0.2) is 38.0 Å². The molecule has 0 aliphatic rings. The van der Waals surface area contributed by atoms with Gasteiger partial charge in [0.25, 0.3) is 5.91 Å². The lowest BCUT2D eigenvalue weighted by Gasteiger charge is -2.14. The Bertz CT molecular complexity index is 615. The van der Waals surface area contributed by atoms with E-state index in [1.54, 1.807) is 0 Å². The molecule has 0 aliphatic heterocycles. The summed E-state index contributed by atoms with van der Waals surface area (Å²) in [5.41, 5.74) is 0.788. The van der Waals surface area contributed by atoms with E-state index in [0.29, 0.717) is 5.69 Å². The molecule has 0 bridgehead atoms. The number of carboxylic acids is 1. The molecule has 3 N–H and O–H groups in total. The van der Waals surface area contributed by atoms with Crippen LogP contribution in [0.2, 0.25) is 5.02 Å². The molecule has 1 atom stereocenters. The first-order valence-electron chi connectivity index (χ1n) is 5.68. The topological polar surface area (TPSA) is 108 Å². The van der Waals surface area contributed by atoms with Crippen LogP contribution in [0, 0.1) is 0 Å². The van der Waals surface area contributed by atoms with Gasteiger partial charge in [0.15, 0.2) is 0 Å². The van der Waals surface area contributed by atoms with Crippen molar-refractivity contribution in [3.8, 4) is 0 Å². The lowest BCUT2D eigenvalue weighted by Crippen LogP contribution is -2.42. The van der Waals surface area contributed by atoms with Gasteiger partial charge in [-0.15, -0.1) is 0 Å². The van der Waals surface area contributed by atoms with E-state index in [0.717, 1.165) is 0 Å². The number of carbonyl (C=O) groups is 2. The van der Waals surface area contributed by atoms with Crippen molar-refractivity contribution in [2.24, 2.45) is 0 Å². The number of aromatic amines is 1. The summed E-state index contributed by atoms with van der Waals surface area (Å²) >= 11 is 5.84. The smallest absolute Gasteiger partial charge is 0.326 e. The van der Waals surface area contributed by atoms with Crippen LogP contribution in [-0.2, 0) is 11.2 Å². The molecule has 0 aromatic carbocycles. The van der Waals surface area contributed by atoms with Crippen molar-refractivity contribution >= 4 is 23.5 Å². The molecule has 7 nitrogen and oxygen atoms in total. The number of carboxylic acid groups (broad SMARTS) is 1. The molecule has 0 aliphatic carbocycles. The van der Waals surface area contributed by atoms with Crippen molar-refractivity contribution in [3.05, 3.63) is 47.3 Å². The Hall–Kier alpha value is -2.41. The number of pyridine rings is 1. The highest BCUT2D eigenvalue weighted by Crippen LogP contribution is 2.13. The predicted molar refractivity (Wildman–Crippen MR) is 70.4 cm³/mol. The number of nitrogens with one attached hydrogen (secondary N) is 2. The first kappa shape index (κ1) is 14.0. The molecule has 0 unspecified atom stereocenters. The third-order valence-electron chi connectivity index (χ3n) is 2.60. The number of nitrogens with zero attached hydrogens (tertiary/aromatic N) is 2. The Morgan fingerprint density at radius 1 is 1.40 bits per heavy atom. The fourth-order valence-electron chi connectivity index (χ4n) is 1.61. The quantitative estimate of drug-likeness (QED) is 0.759. The van der Waals surface area contributed by atoms with Gasteiger partial charge in [0, 0.05) is 30.7 Å². The Balaban J connectivity index is 2.10. The van der Waals surface area contributed by atoms with E-state index < -0.39 is 17.9 Å². The molecule has 2 aromatic heterocycles. The fourth-order valence-corrected chi connectivity index (χ4v) is 1.82. The molecular formula is C12H11ClN4O3. The number of aliphatic carboxylic acids is 1. The molecule has 104 valence electrons. The Morgan fingerprint density at radius 2 is 2.20 bits per heavy atom. The van der Waals surface area contributed by atoms with Crippen LogP contribution in [0.4, 0.5) is 0 Å². The summed E-state index contributed by atoms with van der Waals surface area (Å²) in [6.07, 6.45) is 5.77. The van der Waals surface area contributed by atoms with Crippen molar-refractivity contribution in [2.75, 3.05) is 0 Å². The number of amides is 1. The van der Waals surface area contributed by atoms with Crippen molar-refractivity contribution in [1.29, 1.82) is 0 Å². The van der Waals surface area contributed by atoms with Gasteiger partial charge in [-0.05, 0) is 6.07 Å². The molecule has 0 saturated heterocycles. The highest BCUT2D eigenvalue weighted by Gasteiger charge is 2.22. The van der Waals surface area contributed by atoms with Crippen molar-refractivity contribution in [1.82, 2.24) is 20.3 Å². The van der Waals surface area contributed by atoms with Gasteiger partial charge < -0.3 is 15.4 Å². The first-order chi connectivity index (χ1) is 9.58. The molecule has 0 saturated carbocycles. The molecule has 1 amide bonds. The van der Waals surface area contributed by atoms with Crippen LogP contribution in [0.25, 0.3) is 0 Å². The summed E-state index contributed by atoms with van der Waals surface area (Å²) in [4.78, 5) is 33.5. The molecule has 0 fully saturated rings. The molecular weight excluding hydrogens is 284 g/mol. The summed E-state index contributed by atoms with van der Waals surface area (Å²) in [5.74, 6) is -1.71. The van der Waals surface area contributed by atoms with E-state index >= 15 is 0 Å². The molecule has 0 radical (unpaired) electrons. The van der Waals surface area contributed by atoms with Crippen LogP contribution >= 0.6 is 11.6 Å². The van der Waals surface area contributed by atoms with Gasteiger partial charge >= 0.3 is 5.97 Å². The van der Waals surface area contributed by atoms with Gasteiger partial charge in [-0.1, -0.05) is 11.6 Å². The number of imidazole rings is 1.